The molecule has 0 heterocycles. The molecule has 0 aromatic carbocycles. The second-order valence-corrected chi connectivity index (χ2v) is 1.59. The van der Waals surface area contributed by atoms with Crippen molar-refractivity contribution >= 4 is 11.8 Å². The van der Waals surface area contributed by atoms with Gasteiger partial charge in [0.2, 0.25) is 0 Å². The number of carbonyl (C=O) groups is 2. The molecule has 0 atom stereocenters. The van der Waals surface area contributed by atoms with E-state index < -0.39 is 11.8 Å². The van der Waals surface area contributed by atoms with Crippen LogP contribution in [0.25, 0.3) is 0 Å². The van der Waals surface area contributed by atoms with Crippen LogP contribution in [0.4, 0.5) is 0 Å². The predicted octanol–water partition coefficient (Wildman–Crippen LogP) is 0.190. The van der Waals surface area contributed by atoms with Gasteiger partial charge in [-0.25, -0.2) is 4.79 Å². The van der Waals surface area contributed by atoms with Crippen LogP contribution in [0.3, 0.4) is 0 Å². The molecule has 0 radical (unpaired) electrons. The Kier molecular flexibility index (Phi) is 3.17. The van der Waals surface area contributed by atoms with Crippen LogP contribution in [-0.4, -0.2) is 24.0 Å². The second kappa shape index (κ2) is 3.66. The maximum absolute atomic E-state index is 10.5. The molecule has 0 aliphatic rings. The third-order valence-electron chi connectivity index (χ3n) is 0.914. The summed E-state index contributed by atoms with van der Waals surface area (Å²) in [6.07, 6.45) is 0.439. The number of hydrogen-bond donors (Lipinski definition) is 1. The third-order valence-corrected chi connectivity index (χ3v) is 0.914. The molecule has 0 fully saturated rings. The first-order valence-electron chi connectivity index (χ1n) is 2.57. The lowest BCUT2D eigenvalue weighted by Crippen LogP contribution is -2.11. The van der Waals surface area contributed by atoms with E-state index >= 15 is 0 Å². The average molecular weight is 144 g/mol. The quantitative estimate of drug-likeness (QED) is 0.197. The van der Waals surface area contributed by atoms with Crippen molar-refractivity contribution in [1.82, 2.24) is 0 Å². The number of carbonyl (C=O) groups excluding carboxylic acids is 2. The Morgan fingerprint density at radius 3 is 2.10 bits per heavy atom. The fourth-order valence-electron chi connectivity index (χ4n) is 0.397. The summed E-state index contributed by atoms with van der Waals surface area (Å²) < 4.78 is 4.18. The molecule has 0 unspecified atom stereocenters. The SMILES string of the molecule is COC(=O)C(=CO)C(C)=O. The van der Waals surface area contributed by atoms with Crippen molar-refractivity contribution in [1.29, 1.82) is 0 Å². The minimum Gasteiger partial charge on any atom is -0.515 e. The van der Waals surface area contributed by atoms with Gasteiger partial charge in [-0.3, -0.25) is 4.79 Å². The number of aliphatic hydroxyl groups excluding tert-OH is 1. The Labute approximate surface area is 58.1 Å². The zero-order valence-electron chi connectivity index (χ0n) is 5.75. The summed E-state index contributed by atoms with van der Waals surface area (Å²) >= 11 is 0. The van der Waals surface area contributed by atoms with E-state index in [-0.39, 0.29) is 5.57 Å². The van der Waals surface area contributed by atoms with Crippen molar-refractivity contribution in [2.75, 3.05) is 7.11 Å². The van der Waals surface area contributed by atoms with Gasteiger partial charge in [-0.05, 0) is 6.92 Å². The van der Waals surface area contributed by atoms with Crippen LogP contribution < -0.4 is 0 Å². The number of methoxy groups -OCH3 is 1. The number of ketones is 1. The van der Waals surface area contributed by atoms with Crippen LogP contribution in [-0.2, 0) is 14.3 Å². The van der Waals surface area contributed by atoms with Crippen LogP contribution in [0.15, 0.2) is 11.8 Å². The first kappa shape index (κ1) is 8.68. The molecule has 10 heavy (non-hydrogen) atoms. The van der Waals surface area contributed by atoms with Gasteiger partial charge in [0.1, 0.15) is 5.57 Å². The lowest BCUT2D eigenvalue weighted by Gasteiger charge is -1.96. The molecule has 0 spiro atoms. The minimum absolute atomic E-state index is 0.345. The summed E-state index contributed by atoms with van der Waals surface area (Å²) in [5.74, 6) is -1.34. The van der Waals surface area contributed by atoms with Crippen molar-refractivity contribution in [2.24, 2.45) is 0 Å². The van der Waals surface area contributed by atoms with Crippen molar-refractivity contribution in [2.45, 2.75) is 6.92 Å². The van der Waals surface area contributed by atoms with Gasteiger partial charge in [0.25, 0.3) is 0 Å². The highest BCUT2D eigenvalue weighted by Gasteiger charge is 2.13. The Morgan fingerprint density at radius 2 is 2.00 bits per heavy atom. The van der Waals surface area contributed by atoms with Gasteiger partial charge in [-0.2, -0.15) is 0 Å². The summed E-state index contributed by atoms with van der Waals surface area (Å²) in [4.78, 5) is 21.0. The van der Waals surface area contributed by atoms with Crippen molar-refractivity contribution in [3.05, 3.63) is 11.8 Å². The fourth-order valence-corrected chi connectivity index (χ4v) is 0.397. The Balaban J connectivity index is 4.39. The molecule has 4 heteroatoms. The zero-order chi connectivity index (χ0) is 8.15. The molecule has 56 valence electrons. The average Bonchev–Trinajstić information content (AvgIpc) is 1.88. The summed E-state index contributed by atoms with van der Waals surface area (Å²) in [6.45, 7) is 1.17. The maximum Gasteiger partial charge on any atom is 0.344 e. The van der Waals surface area contributed by atoms with Gasteiger partial charge in [-0.15, -0.1) is 0 Å². The van der Waals surface area contributed by atoms with E-state index in [1.165, 1.54) is 6.92 Å². The highest BCUT2D eigenvalue weighted by Crippen LogP contribution is 1.96. The van der Waals surface area contributed by atoms with Crippen LogP contribution in [0, 0.1) is 0 Å². The number of ether oxygens (including phenoxy) is 1. The summed E-state index contributed by atoms with van der Waals surface area (Å²) in [5, 5.41) is 8.31. The summed E-state index contributed by atoms with van der Waals surface area (Å²) in [6, 6.07) is 0. The largest absolute Gasteiger partial charge is 0.515 e. The van der Waals surface area contributed by atoms with Crippen LogP contribution in [0.1, 0.15) is 6.92 Å². The van der Waals surface area contributed by atoms with Crippen LogP contribution >= 0.6 is 0 Å². The molecule has 0 aromatic rings. The molecule has 0 bridgehead atoms. The van der Waals surface area contributed by atoms with Crippen molar-refractivity contribution in [3.8, 4) is 0 Å². The van der Waals surface area contributed by atoms with Gasteiger partial charge in [0.15, 0.2) is 5.78 Å². The molecule has 0 amide bonds. The molecule has 4 nitrogen and oxygen atoms in total. The summed E-state index contributed by atoms with van der Waals surface area (Å²) in [5.41, 5.74) is -0.345. The van der Waals surface area contributed by atoms with E-state index in [9.17, 15) is 9.59 Å². The van der Waals surface area contributed by atoms with E-state index in [0.29, 0.717) is 6.26 Å². The predicted molar refractivity (Wildman–Crippen MR) is 33.4 cm³/mol. The smallest absolute Gasteiger partial charge is 0.344 e. The summed E-state index contributed by atoms with van der Waals surface area (Å²) in [7, 11) is 1.13. The van der Waals surface area contributed by atoms with Crippen molar-refractivity contribution < 1.29 is 19.4 Å². The first-order chi connectivity index (χ1) is 4.63. The van der Waals surface area contributed by atoms with E-state index in [1.807, 2.05) is 0 Å². The molecule has 0 aliphatic carbocycles. The van der Waals surface area contributed by atoms with E-state index in [0.717, 1.165) is 7.11 Å². The fraction of sp³-hybridized carbons (Fsp3) is 0.333. The minimum atomic E-state index is -0.824. The molecule has 0 saturated heterocycles. The third kappa shape index (κ3) is 1.89. The van der Waals surface area contributed by atoms with Gasteiger partial charge in [0, 0.05) is 0 Å². The van der Waals surface area contributed by atoms with Gasteiger partial charge < -0.3 is 9.84 Å². The number of hydrogen-bond acceptors (Lipinski definition) is 4. The number of rotatable bonds is 2. The highest BCUT2D eigenvalue weighted by atomic mass is 16.5. The van der Waals surface area contributed by atoms with Gasteiger partial charge >= 0.3 is 5.97 Å². The van der Waals surface area contributed by atoms with E-state index in [4.69, 9.17) is 5.11 Å². The van der Waals surface area contributed by atoms with Crippen molar-refractivity contribution in [3.63, 3.8) is 0 Å². The van der Waals surface area contributed by atoms with E-state index in [1.54, 1.807) is 0 Å². The lowest BCUT2D eigenvalue weighted by molar-refractivity contribution is -0.137. The zero-order valence-corrected chi connectivity index (χ0v) is 5.75. The van der Waals surface area contributed by atoms with Gasteiger partial charge in [-0.1, -0.05) is 0 Å². The molecule has 0 aromatic heterocycles. The van der Waals surface area contributed by atoms with Crippen LogP contribution in [0.5, 0.6) is 0 Å². The molecular formula is C6H8O4. The first-order valence-corrected chi connectivity index (χ1v) is 2.57. The second-order valence-electron chi connectivity index (χ2n) is 1.59. The lowest BCUT2D eigenvalue weighted by atomic mass is 10.2. The van der Waals surface area contributed by atoms with Gasteiger partial charge in [0.05, 0.1) is 13.4 Å². The topological polar surface area (TPSA) is 63.6 Å². The molecule has 0 rings (SSSR count). The molecule has 0 aliphatic heterocycles. The standard InChI is InChI=1S/C6H8O4/c1-4(8)5(3-7)6(9)10-2/h3,7H,1-2H3. The molecule has 1 N–H and O–H groups in total. The Bertz CT molecular complexity index is 180. The molecule has 0 saturated carbocycles. The number of Topliss-reactive ketones (excluding diaryl/α,β-unsaturated/α-hetero) is 1. The maximum atomic E-state index is 10.5. The normalized spacial score (nSPS) is 10.8. The Morgan fingerprint density at radius 1 is 1.50 bits per heavy atom. The highest BCUT2D eigenvalue weighted by molar-refractivity contribution is 6.15. The van der Waals surface area contributed by atoms with Crippen LogP contribution in [0.2, 0.25) is 0 Å². The Hall–Kier alpha value is -1.32. The number of esters is 1. The monoisotopic (exact) mass is 144 g/mol. The molecular weight excluding hydrogens is 136 g/mol. The van der Waals surface area contributed by atoms with E-state index in [2.05, 4.69) is 4.74 Å². The number of aliphatic hydroxyl groups is 1.